The van der Waals surface area contributed by atoms with Gasteiger partial charge in [0.1, 0.15) is 0 Å². The number of amides is 1. The number of hydrogen-bond donors (Lipinski definition) is 3. The van der Waals surface area contributed by atoms with Gasteiger partial charge >= 0.3 is 0 Å². The number of nitrogens with zero attached hydrogens (tertiary/aromatic N) is 2. The molecule has 0 radical (unpaired) electrons. The van der Waals surface area contributed by atoms with Gasteiger partial charge in [-0.3, -0.25) is 4.79 Å². The second-order valence-electron chi connectivity index (χ2n) is 3.22. The lowest BCUT2D eigenvalue weighted by atomic mass is 10.2. The topological polar surface area (TPSA) is 93.2 Å². The maximum atomic E-state index is 11.0. The summed E-state index contributed by atoms with van der Waals surface area (Å²) in [7, 11) is 1.59. The summed E-state index contributed by atoms with van der Waals surface area (Å²) in [5.74, 6) is -0.0350. The Morgan fingerprint density at radius 3 is 3.13 bits per heavy atom. The molecule has 15 heavy (non-hydrogen) atoms. The summed E-state index contributed by atoms with van der Waals surface area (Å²) in [6.07, 6.45) is 3.58. The Morgan fingerprint density at radius 1 is 1.80 bits per heavy atom. The second-order valence-corrected chi connectivity index (χ2v) is 3.22. The van der Waals surface area contributed by atoms with Crippen LogP contribution in [0.25, 0.3) is 0 Å². The molecule has 1 heterocycles. The number of carbonyl (C=O) groups is 1. The van der Waals surface area contributed by atoms with E-state index in [4.69, 9.17) is 10.8 Å². The molecule has 4 N–H and O–H groups in total. The first kappa shape index (κ1) is 11.7. The molecule has 0 aliphatic carbocycles. The number of nitrogens with two attached hydrogens (primary N) is 1. The highest BCUT2D eigenvalue weighted by Crippen LogP contribution is 2.09. The number of aliphatic hydroxyl groups is 1. The first-order valence-corrected chi connectivity index (χ1v) is 4.76. The van der Waals surface area contributed by atoms with Crippen LogP contribution in [0.3, 0.4) is 0 Å². The summed E-state index contributed by atoms with van der Waals surface area (Å²) in [6, 6.07) is -0.447. The lowest BCUT2D eigenvalue weighted by molar-refractivity contribution is -0.120. The first-order valence-electron chi connectivity index (χ1n) is 4.76. The molecule has 0 fully saturated rings. The summed E-state index contributed by atoms with van der Waals surface area (Å²) < 4.78 is 1.77. The summed E-state index contributed by atoms with van der Waals surface area (Å²) in [5, 5.41) is 11.4. The first-order chi connectivity index (χ1) is 7.19. The van der Waals surface area contributed by atoms with Crippen LogP contribution in [-0.2, 0) is 11.3 Å². The van der Waals surface area contributed by atoms with Crippen LogP contribution in [0.4, 0.5) is 0 Å². The molecule has 1 amide bonds. The molecule has 0 aliphatic rings. The van der Waals surface area contributed by atoms with E-state index in [1.807, 2.05) is 0 Å². The van der Waals surface area contributed by atoms with E-state index in [9.17, 15) is 4.79 Å². The van der Waals surface area contributed by atoms with E-state index >= 15 is 0 Å². The summed E-state index contributed by atoms with van der Waals surface area (Å²) in [5.41, 5.74) is 6.40. The Hall–Kier alpha value is -1.40. The smallest absolute Gasteiger partial charge is 0.221 e. The fourth-order valence-electron chi connectivity index (χ4n) is 1.27. The number of aliphatic hydroxyl groups excluding tert-OH is 1. The molecule has 0 spiro atoms. The molecule has 1 atom stereocenters. The molecule has 0 bridgehead atoms. The minimum Gasteiger partial charge on any atom is -0.394 e. The third-order valence-electron chi connectivity index (χ3n) is 2.18. The quantitative estimate of drug-likeness (QED) is 0.584. The number of rotatable bonds is 5. The molecule has 0 aromatic carbocycles. The second kappa shape index (κ2) is 5.47. The molecule has 1 unspecified atom stereocenters. The van der Waals surface area contributed by atoms with Crippen LogP contribution in [0, 0.1) is 0 Å². The molecule has 0 aliphatic heterocycles. The van der Waals surface area contributed by atoms with Gasteiger partial charge in [0.15, 0.2) is 0 Å². The van der Waals surface area contributed by atoms with Gasteiger partial charge in [0.25, 0.3) is 0 Å². The third-order valence-corrected chi connectivity index (χ3v) is 2.18. The zero-order valence-electron chi connectivity index (χ0n) is 8.68. The van der Waals surface area contributed by atoms with E-state index in [1.54, 1.807) is 24.1 Å². The van der Waals surface area contributed by atoms with Crippen molar-refractivity contribution >= 4 is 5.91 Å². The van der Waals surface area contributed by atoms with Crippen molar-refractivity contribution in [2.75, 3.05) is 13.7 Å². The number of carbonyl (C=O) groups excluding carboxylic acids is 1. The zero-order chi connectivity index (χ0) is 11.3. The maximum absolute atomic E-state index is 11.0. The Balaban J connectivity index is 2.61. The Labute approximate surface area is 88.1 Å². The fraction of sp³-hybridized carbons (Fsp3) is 0.556. The normalized spacial score (nSPS) is 12.5. The molecule has 6 nitrogen and oxygen atoms in total. The molecular weight excluding hydrogens is 196 g/mol. The predicted molar refractivity (Wildman–Crippen MR) is 54.9 cm³/mol. The van der Waals surface area contributed by atoms with Crippen LogP contribution in [0.2, 0.25) is 0 Å². The van der Waals surface area contributed by atoms with E-state index in [1.165, 1.54) is 0 Å². The third kappa shape index (κ3) is 3.03. The Kier molecular flexibility index (Phi) is 4.26. The summed E-state index contributed by atoms with van der Waals surface area (Å²) >= 11 is 0. The highest BCUT2D eigenvalue weighted by molar-refractivity contribution is 5.75. The van der Waals surface area contributed by atoms with Gasteiger partial charge in [-0.15, -0.1) is 0 Å². The Bertz CT molecular complexity index is 324. The van der Waals surface area contributed by atoms with Crippen LogP contribution >= 0.6 is 0 Å². The Morgan fingerprint density at radius 2 is 2.53 bits per heavy atom. The molecular formula is C9H16N4O2. The van der Waals surface area contributed by atoms with Crippen molar-refractivity contribution in [3.63, 3.8) is 0 Å². The number of imidazole rings is 1. The van der Waals surface area contributed by atoms with Crippen molar-refractivity contribution in [2.45, 2.75) is 19.0 Å². The van der Waals surface area contributed by atoms with E-state index in [-0.39, 0.29) is 12.5 Å². The average molecular weight is 212 g/mol. The van der Waals surface area contributed by atoms with Crippen LogP contribution in [0.15, 0.2) is 12.5 Å². The van der Waals surface area contributed by atoms with Gasteiger partial charge in [-0.05, 0) is 0 Å². The maximum Gasteiger partial charge on any atom is 0.221 e. The van der Waals surface area contributed by atoms with Gasteiger partial charge in [-0.2, -0.15) is 0 Å². The SMILES string of the molecule is CNC(=O)CCn1cncc1C(N)CO. The highest BCUT2D eigenvalue weighted by atomic mass is 16.3. The molecule has 0 saturated carbocycles. The highest BCUT2D eigenvalue weighted by Gasteiger charge is 2.10. The standard InChI is InChI=1S/C9H16N4O2/c1-11-9(15)2-3-13-6-12-4-8(13)7(10)5-14/h4,6-7,14H,2-3,5,10H2,1H3,(H,11,15). The minimum atomic E-state index is -0.447. The van der Waals surface area contributed by atoms with Crippen molar-refractivity contribution in [2.24, 2.45) is 5.73 Å². The van der Waals surface area contributed by atoms with Gasteiger partial charge in [0.05, 0.1) is 24.7 Å². The van der Waals surface area contributed by atoms with E-state index in [0.717, 1.165) is 5.69 Å². The minimum absolute atomic E-state index is 0.0350. The lowest BCUT2D eigenvalue weighted by Crippen LogP contribution is -2.22. The van der Waals surface area contributed by atoms with Crippen molar-refractivity contribution in [3.05, 3.63) is 18.2 Å². The van der Waals surface area contributed by atoms with Gasteiger partial charge in [-0.25, -0.2) is 4.98 Å². The molecule has 1 aromatic rings. The van der Waals surface area contributed by atoms with Gasteiger partial charge in [-0.1, -0.05) is 0 Å². The molecule has 1 rings (SSSR count). The van der Waals surface area contributed by atoms with Crippen LogP contribution < -0.4 is 11.1 Å². The molecule has 6 heteroatoms. The van der Waals surface area contributed by atoms with E-state index in [0.29, 0.717) is 13.0 Å². The predicted octanol–water partition coefficient (Wildman–Crippen LogP) is -0.989. The average Bonchev–Trinajstić information content (AvgIpc) is 2.72. The van der Waals surface area contributed by atoms with E-state index in [2.05, 4.69) is 10.3 Å². The number of nitrogens with one attached hydrogen (secondary N) is 1. The van der Waals surface area contributed by atoms with Crippen molar-refractivity contribution in [3.8, 4) is 0 Å². The van der Waals surface area contributed by atoms with Crippen LogP contribution in [0.1, 0.15) is 18.2 Å². The fourth-order valence-corrected chi connectivity index (χ4v) is 1.27. The van der Waals surface area contributed by atoms with Gasteiger partial charge < -0.3 is 20.7 Å². The van der Waals surface area contributed by atoms with E-state index < -0.39 is 6.04 Å². The lowest BCUT2D eigenvalue weighted by Gasteiger charge is -2.11. The molecule has 1 aromatic heterocycles. The van der Waals surface area contributed by atoms with Crippen molar-refractivity contribution in [1.82, 2.24) is 14.9 Å². The largest absolute Gasteiger partial charge is 0.394 e. The summed E-state index contributed by atoms with van der Waals surface area (Å²) in [6.45, 7) is 0.383. The number of aromatic nitrogens is 2. The van der Waals surface area contributed by atoms with Crippen molar-refractivity contribution in [1.29, 1.82) is 0 Å². The molecule has 0 saturated heterocycles. The van der Waals surface area contributed by atoms with Crippen molar-refractivity contribution < 1.29 is 9.90 Å². The van der Waals surface area contributed by atoms with Crippen LogP contribution in [-0.4, -0.2) is 34.2 Å². The summed E-state index contributed by atoms with van der Waals surface area (Å²) in [4.78, 5) is 15.0. The zero-order valence-corrected chi connectivity index (χ0v) is 8.68. The number of aryl methyl sites for hydroxylation is 1. The van der Waals surface area contributed by atoms with Gasteiger partial charge in [0.2, 0.25) is 5.91 Å². The molecule has 84 valence electrons. The monoisotopic (exact) mass is 212 g/mol. The van der Waals surface area contributed by atoms with Crippen LogP contribution in [0.5, 0.6) is 0 Å². The number of hydrogen-bond acceptors (Lipinski definition) is 4. The van der Waals surface area contributed by atoms with Gasteiger partial charge in [0, 0.05) is 26.2 Å².